The lowest BCUT2D eigenvalue weighted by molar-refractivity contribution is -0.113. The lowest BCUT2D eigenvalue weighted by atomic mass is 10.2. The van der Waals surface area contributed by atoms with E-state index in [0.717, 1.165) is 20.8 Å². The van der Waals surface area contributed by atoms with Crippen molar-refractivity contribution >= 4 is 56.5 Å². The smallest absolute Gasteiger partial charge is 0.234 e. The summed E-state index contributed by atoms with van der Waals surface area (Å²) >= 11 is 8.95. The zero-order valence-corrected chi connectivity index (χ0v) is 16.8. The predicted molar refractivity (Wildman–Crippen MR) is 107 cm³/mol. The highest BCUT2D eigenvalue weighted by atomic mass is 35.5. The third-order valence-electron chi connectivity index (χ3n) is 3.82. The van der Waals surface area contributed by atoms with Crippen LogP contribution >= 0.6 is 34.7 Å². The van der Waals surface area contributed by atoms with E-state index in [-0.39, 0.29) is 11.7 Å². The minimum absolute atomic E-state index is 0.178. The van der Waals surface area contributed by atoms with Crippen molar-refractivity contribution in [1.82, 2.24) is 9.97 Å². The van der Waals surface area contributed by atoms with Crippen LogP contribution in [-0.4, -0.2) is 21.6 Å². The maximum absolute atomic E-state index is 12.4. The Kier molecular flexibility index (Phi) is 5.47. The molecule has 0 saturated carbocycles. The number of nitriles is 1. The second-order valence-corrected chi connectivity index (χ2v) is 8.28. The van der Waals surface area contributed by atoms with Gasteiger partial charge in [-0.25, -0.2) is 9.97 Å². The Labute approximate surface area is 164 Å². The van der Waals surface area contributed by atoms with Crippen molar-refractivity contribution < 1.29 is 4.79 Å². The van der Waals surface area contributed by atoms with Gasteiger partial charge in [-0.15, -0.1) is 11.3 Å². The molecule has 0 atom stereocenters. The van der Waals surface area contributed by atoms with Gasteiger partial charge in [-0.1, -0.05) is 23.4 Å². The van der Waals surface area contributed by atoms with Crippen molar-refractivity contribution in [1.29, 1.82) is 5.26 Å². The molecular formula is C18H15ClN4OS2. The standard InChI is InChI=1S/C18H15ClN4OS2/c1-9-10(2)26-18-16(9)17(21-11(3)22-18)25-8-15(24)23-14-6-13(19)5-4-12(14)7-20/h4-6H,8H2,1-3H3,(H,23,24). The number of rotatable bonds is 4. The Morgan fingerprint density at radius 3 is 2.85 bits per heavy atom. The van der Waals surface area contributed by atoms with Gasteiger partial charge in [0.2, 0.25) is 5.91 Å². The number of hydrogen-bond donors (Lipinski definition) is 1. The average molecular weight is 403 g/mol. The number of benzene rings is 1. The minimum atomic E-state index is -0.220. The van der Waals surface area contributed by atoms with Crippen molar-refractivity contribution in [3.8, 4) is 6.07 Å². The molecule has 0 fully saturated rings. The second-order valence-electron chi connectivity index (χ2n) is 5.68. The number of thiophene rings is 1. The minimum Gasteiger partial charge on any atom is -0.324 e. The molecule has 0 unspecified atom stereocenters. The molecule has 0 aliphatic heterocycles. The summed E-state index contributed by atoms with van der Waals surface area (Å²) in [5.74, 6) is 0.642. The SMILES string of the molecule is Cc1nc(SCC(=O)Nc2cc(Cl)ccc2C#N)c2c(C)c(C)sc2n1. The van der Waals surface area contributed by atoms with Crippen molar-refractivity contribution in [2.24, 2.45) is 0 Å². The quantitative estimate of drug-likeness (QED) is 0.497. The third-order valence-corrected chi connectivity index (χ3v) is 6.14. The Morgan fingerprint density at radius 2 is 2.12 bits per heavy atom. The first-order valence-corrected chi connectivity index (χ1v) is 9.93. The molecule has 26 heavy (non-hydrogen) atoms. The second kappa shape index (κ2) is 7.62. The summed E-state index contributed by atoms with van der Waals surface area (Å²) in [6, 6.07) is 6.82. The zero-order chi connectivity index (χ0) is 18.8. The molecule has 0 aliphatic carbocycles. The molecule has 3 rings (SSSR count). The van der Waals surface area contributed by atoms with Crippen molar-refractivity contribution in [2.75, 3.05) is 11.1 Å². The first-order chi connectivity index (χ1) is 12.4. The highest BCUT2D eigenvalue weighted by Gasteiger charge is 2.15. The van der Waals surface area contributed by atoms with E-state index in [4.69, 9.17) is 16.9 Å². The Bertz CT molecular complexity index is 1060. The predicted octanol–water partition coefficient (Wildman–Crippen LogP) is 4.87. The van der Waals surface area contributed by atoms with E-state index in [9.17, 15) is 4.79 Å². The molecule has 0 bridgehead atoms. The van der Waals surface area contributed by atoms with E-state index < -0.39 is 0 Å². The van der Waals surface area contributed by atoms with Crippen molar-refractivity contribution in [2.45, 2.75) is 25.8 Å². The average Bonchev–Trinajstić information content (AvgIpc) is 2.87. The van der Waals surface area contributed by atoms with Crippen LogP contribution < -0.4 is 5.32 Å². The number of nitrogens with one attached hydrogen (secondary N) is 1. The molecule has 0 spiro atoms. The molecule has 8 heteroatoms. The molecule has 0 aliphatic rings. The molecule has 1 N–H and O–H groups in total. The maximum atomic E-state index is 12.4. The summed E-state index contributed by atoms with van der Waals surface area (Å²) in [6.07, 6.45) is 0. The highest BCUT2D eigenvalue weighted by molar-refractivity contribution is 8.00. The fourth-order valence-corrected chi connectivity index (χ4v) is 4.70. The number of aromatic nitrogens is 2. The van der Waals surface area contributed by atoms with Gasteiger partial charge in [0.1, 0.15) is 21.7 Å². The molecule has 5 nitrogen and oxygen atoms in total. The van der Waals surface area contributed by atoms with Gasteiger partial charge in [0.05, 0.1) is 17.0 Å². The summed E-state index contributed by atoms with van der Waals surface area (Å²) in [5.41, 5.74) is 1.93. The molecule has 132 valence electrons. The van der Waals surface area contributed by atoms with Gasteiger partial charge in [0.25, 0.3) is 0 Å². The van der Waals surface area contributed by atoms with E-state index in [0.29, 0.717) is 22.1 Å². The van der Waals surface area contributed by atoms with Gasteiger partial charge in [0, 0.05) is 15.3 Å². The number of nitrogens with zero attached hydrogens (tertiary/aromatic N) is 3. The van der Waals surface area contributed by atoms with Gasteiger partial charge in [-0.05, 0) is 44.5 Å². The fourth-order valence-electron chi connectivity index (χ4n) is 2.46. The van der Waals surface area contributed by atoms with E-state index in [1.54, 1.807) is 29.5 Å². The number of aryl methyl sites for hydroxylation is 3. The van der Waals surface area contributed by atoms with Gasteiger partial charge in [-0.3, -0.25) is 4.79 Å². The van der Waals surface area contributed by atoms with Crippen LogP contribution in [0.3, 0.4) is 0 Å². The van der Waals surface area contributed by atoms with Gasteiger partial charge < -0.3 is 5.32 Å². The van der Waals surface area contributed by atoms with Crippen LogP contribution in [0.25, 0.3) is 10.2 Å². The Hall–Kier alpha value is -2.14. The Balaban J connectivity index is 1.80. The van der Waals surface area contributed by atoms with E-state index in [1.165, 1.54) is 16.6 Å². The molecule has 0 radical (unpaired) electrons. The first-order valence-electron chi connectivity index (χ1n) is 7.75. The largest absolute Gasteiger partial charge is 0.324 e. The van der Waals surface area contributed by atoms with Crippen LogP contribution in [0.15, 0.2) is 23.2 Å². The summed E-state index contributed by atoms with van der Waals surface area (Å²) in [5, 5.41) is 14.2. The lowest BCUT2D eigenvalue weighted by Crippen LogP contribution is -2.15. The third kappa shape index (κ3) is 3.83. The summed E-state index contributed by atoms with van der Waals surface area (Å²) < 4.78 is 0. The normalized spacial score (nSPS) is 10.7. The van der Waals surface area contributed by atoms with Gasteiger partial charge >= 0.3 is 0 Å². The van der Waals surface area contributed by atoms with Crippen molar-refractivity contribution in [3.05, 3.63) is 45.1 Å². The Morgan fingerprint density at radius 1 is 1.35 bits per heavy atom. The summed E-state index contributed by atoms with van der Waals surface area (Å²) in [7, 11) is 0. The molecule has 3 aromatic rings. The maximum Gasteiger partial charge on any atom is 0.234 e. The lowest BCUT2D eigenvalue weighted by Gasteiger charge is -2.08. The fraction of sp³-hybridized carbons (Fsp3) is 0.222. The first kappa shape index (κ1) is 18.6. The monoisotopic (exact) mass is 402 g/mol. The number of carbonyl (C=O) groups excluding carboxylic acids is 1. The van der Waals surface area contributed by atoms with E-state index >= 15 is 0 Å². The molecule has 1 aromatic carbocycles. The van der Waals surface area contributed by atoms with Crippen LogP contribution in [0.2, 0.25) is 5.02 Å². The van der Waals surface area contributed by atoms with Crippen LogP contribution in [0.1, 0.15) is 21.8 Å². The van der Waals surface area contributed by atoms with Crippen LogP contribution in [0.4, 0.5) is 5.69 Å². The molecule has 1 amide bonds. The van der Waals surface area contributed by atoms with Gasteiger partial charge in [-0.2, -0.15) is 5.26 Å². The van der Waals surface area contributed by atoms with Crippen LogP contribution in [-0.2, 0) is 4.79 Å². The zero-order valence-electron chi connectivity index (χ0n) is 14.4. The number of anilines is 1. The molecule has 0 saturated heterocycles. The van der Waals surface area contributed by atoms with Gasteiger partial charge in [0.15, 0.2) is 0 Å². The number of amides is 1. The molecular weight excluding hydrogens is 388 g/mol. The van der Waals surface area contributed by atoms with Crippen molar-refractivity contribution in [3.63, 3.8) is 0 Å². The topological polar surface area (TPSA) is 78.7 Å². The molecule has 2 heterocycles. The number of fused-ring (bicyclic) bond motifs is 1. The number of thioether (sulfide) groups is 1. The van der Waals surface area contributed by atoms with E-state index in [1.807, 2.05) is 19.9 Å². The highest BCUT2D eigenvalue weighted by Crippen LogP contribution is 2.35. The van der Waals surface area contributed by atoms with Crippen LogP contribution in [0.5, 0.6) is 0 Å². The molecule has 2 aromatic heterocycles. The number of hydrogen-bond acceptors (Lipinski definition) is 6. The van der Waals surface area contributed by atoms with Crippen LogP contribution in [0, 0.1) is 32.1 Å². The van der Waals surface area contributed by atoms with E-state index in [2.05, 4.69) is 22.2 Å². The summed E-state index contributed by atoms with van der Waals surface area (Å²) in [6.45, 7) is 5.95. The number of carbonyl (C=O) groups is 1. The number of halogens is 1. The summed E-state index contributed by atoms with van der Waals surface area (Å²) in [4.78, 5) is 23.5.